The smallest absolute Gasteiger partial charge is 0.317 e. The number of benzene rings is 1. The van der Waals surface area contributed by atoms with E-state index in [-0.39, 0.29) is 23.5 Å². The molecule has 0 saturated heterocycles. The molecule has 2 fully saturated rings. The number of carbonyl (C=O) groups is 1. The summed E-state index contributed by atoms with van der Waals surface area (Å²) in [5.41, 5.74) is 0. The number of ether oxygens (including phenoxy) is 2. The van der Waals surface area contributed by atoms with Gasteiger partial charge in [0.15, 0.2) is 11.5 Å². The minimum absolute atomic E-state index is 0.0167. The maximum absolute atomic E-state index is 12.6. The SMILES string of the molecule is O=C(O)CN(CC1CC1)C1CC(NS(=O)(=O)c2ccc3c(c2)OCCO3)C1. The molecule has 0 unspecified atom stereocenters. The summed E-state index contributed by atoms with van der Waals surface area (Å²) in [4.78, 5) is 13.2. The maximum Gasteiger partial charge on any atom is 0.317 e. The van der Waals surface area contributed by atoms with E-state index in [0.29, 0.717) is 43.5 Å². The van der Waals surface area contributed by atoms with E-state index in [1.54, 1.807) is 6.07 Å². The van der Waals surface area contributed by atoms with Crippen LogP contribution in [0.25, 0.3) is 0 Å². The van der Waals surface area contributed by atoms with Crippen molar-refractivity contribution in [2.75, 3.05) is 26.3 Å². The van der Waals surface area contributed by atoms with Gasteiger partial charge in [0, 0.05) is 24.7 Å². The van der Waals surface area contributed by atoms with E-state index < -0.39 is 16.0 Å². The van der Waals surface area contributed by atoms with Gasteiger partial charge in [0.2, 0.25) is 10.0 Å². The minimum Gasteiger partial charge on any atom is -0.486 e. The Bertz CT molecular complexity index is 817. The lowest BCUT2D eigenvalue weighted by Crippen LogP contribution is -2.55. The zero-order chi connectivity index (χ0) is 19.0. The number of carboxylic acids is 1. The number of sulfonamides is 1. The van der Waals surface area contributed by atoms with Crippen molar-refractivity contribution in [1.82, 2.24) is 9.62 Å². The van der Waals surface area contributed by atoms with Crippen LogP contribution in [0.3, 0.4) is 0 Å². The Morgan fingerprint density at radius 1 is 1.19 bits per heavy atom. The van der Waals surface area contributed by atoms with Crippen molar-refractivity contribution in [3.8, 4) is 11.5 Å². The molecule has 1 aromatic rings. The number of carboxylic acid groups (broad SMARTS) is 1. The Hall–Kier alpha value is -1.84. The number of nitrogens with one attached hydrogen (secondary N) is 1. The number of aliphatic carboxylic acids is 1. The number of hydrogen-bond acceptors (Lipinski definition) is 6. The van der Waals surface area contributed by atoms with Crippen LogP contribution in [0.15, 0.2) is 23.1 Å². The highest BCUT2D eigenvalue weighted by Crippen LogP contribution is 2.35. The van der Waals surface area contributed by atoms with Crippen molar-refractivity contribution >= 4 is 16.0 Å². The summed E-state index contributed by atoms with van der Waals surface area (Å²) in [5.74, 6) is 0.745. The molecule has 0 atom stereocenters. The van der Waals surface area contributed by atoms with Gasteiger partial charge in [-0.2, -0.15) is 0 Å². The van der Waals surface area contributed by atoms with Crippen molar-refractivity contribution < 1.29 is 27.8 Å². The van der Waals surface area contributed by atoms with Crippen molar-refractivity contribution in [2.24, 2.45) is 5.92 Å². The van der Waals surface area contributed by atoms with Crippen LogP contribution in [0.5, 0.6) is 11.5 Å². The average molecular weight is 396 g/mol. The Labute approximate surface area is 158 Å². The van der Waals surface area contributed by atoms with Crippen molar-refractivity contribution in [3.05, 3.63) is 18.2 Å². The molecule has 0 amide bonds. The Kier molecular flexibility index (Phi) is 5.00. The second kappa shape index (κ2) is 7.29. The largest absolute Gasteiger partial charge is 0.486 e. The Morgan fingerprint density at radius 2 is 1.89 bits per heavy atom. The highest BCUT2D eigenvalue weighted by molar-refractivity contribution is 7.89. The zero-order valence-corrected chi connectivity index (χ0v) is 15.8. The fourth-order valence-corrected chi connectivity index (χ4v) is 4.89. The molecule has 2 aliphatic carbocycles. The summed E-state index contributed by atoms with van der Waals surface area (Å²) in [5, 5.41) is 9.11. The second-order valence-electron chi connectivity index (χ2n) is 7.52. The van der Waals surface area contributed by atoms with Gasteiger partial charge in [-0.05, 0) is 43.7 Å². The molecule has 0 aromatic heterocycles. The van der Waals surface area contributed by atoms with Crippen LogP contribution in [0.1, 0.15) is 25.7 Å². The van der Waals surface area contributed by atoms with Gasteiger partial charge in [0.1, 0.15) is 13.2 Å². The lowest BCUT2D eigenvalue weighted by Gasteiger charge is -2.42. The van der Waals surface area contributed by atoms with E-state index in [4.69, 9.17) is 14.6 Å². The first kappa shape index (κ1) is 18.5. The molecule has 1 aromatic carbocycles. The summed E-state index contributed by atoms with van der Waals surface area (Å²) in [6.45, 7) is 1.66. The first-order valence-electron chi connectivity index (χ1n) is 9.28. The first-order chi connectivity index (χ1) is 12.9. The van der Waals surface area contributed by atoms with Crippen molar-refractivity contribution in [1.29, 1.82) is 0 Å². The third-order valence-corrected chi connectivity index (χ3v) is 6.82. The summed E-state index contributed by atoms with van der Waals surface area (Å²) < 4.78 is 38.9. The second-order valence-corrected chi connectivity index (χ2v) is 9.23. The van der Waals surface area contributed by atoms with Crippen molar-refractivity contribution in [2.45, 2.75) is 42.7 Å². The molecule has 0 spiro atoms. The molecule has 1 heterocycles. The number of hydrogen-bond donors (Lipinski definition) is 2. The summed E-state index contributed by atoms with van der Waals surface area (Å²) >= 11 is 0. The summed E-state index contributed by atoms with van der Waals surface area (Å²) in [6.07, 6.45) is 3.57. The van der Waals surface area contributed by atoms with Crippen molar-refractivity contribution in [3.63, 3.8) is 0 Å². The Balaban J connectivity index is 1.36. The molecule has 0 radical (unpaired) electrons. The van der Waals surface area contributed by atoms with Gasteiger partial charge in [-0.1, -0.05) is 0 Å². The van der Waals surface area contributed by atoms with E-state index in [1.165, 1.54) is 12.1 Å². The topological polar surface area (TPSA) is 105 Å². The first-order valence-corrected chi connectivity index (χ1v) is 10.8. The predicted octanol–water partition coefficient (Wildman–Crippen LogP) is 1.06. The van der Waals surface area contributed by atoms with E-state index in [2.05, 4.69) is 4.72 Å². The van der Waals surface area contributed by atoms with E-state index >= 15 is 0 Å². The molecule has 4 rings (SSSR count). The van der Waals surface area contributed by atoms with Gasteiger partial charge < -0.3 is 14.6 Å². The normalized spacial score (nSPS) is 24.5. The lowest BCUT2D eigenvalue weighted by atomic mass is 9.86. The van der Waals surface area contributed by atoms with Crippen LogP contribution < -0.4 is 14.2 Å². The highest BCUT2D eigenvalue weighted by Gasteiger charge is 2.39. The molecular weight excluding hydrogens is 372 g/mol. The lowest BCUT2D eigenvalue weighted by molar-refractivity contribution is -0.139. The molecule has 2 saturated carbocycles. The van der Waals surface area contributed by atoms with Gasteiger partial charge >= 0.3 is 5.97 Å². The van der Waals surface area contributed by atoms with Crippen LogP contribution in [0.2, 0.25) is 0 Å². The van der Waals surface area contributed by atoms with Gasteiger partial charge in [0.25, 0.3) is 0 Å². The quantitative estimate of drug-likeness (QED) is 0.677. The average Bonchev–Trinajstić information content (AvgIpc) is 3.40. The molecule has 3 aliphatic rings. The van der Waals surface area contributed by atoms with Crippen LogP contribution in [-0.4, -0.2) is 62.8 Å². The van der Waals surface area contributed by atoms with Crippen LogP contribution in [0.4, 0.5) is 0 Å². The fourth-order valence-electron chi connectivity index (χ4n) is 3.61. The third-order valence-electron chi connectivity index (χ3n) is 5.30. The molecule has 2 N–H and O–H groups in total. The fraction of sp³-hybridized carbons (Fsp3) is 0.611. The molecule has 27 heavy (non-hydrogen) atoms. The summed E-state index contributed by atoms with van der Waals surface area (Å²) in [6, 6.07) is 4.54. The molecule has 8 nitrogen and oxygen atoms in total. The number of nitrogens with zero attached hydrogens (tertiary/aromatic N) is 1. The predicted molar refractivity (Wildman–Crippen MR) is 96.5 cm³/mol. The number of fused-ring (bicyclic) bond motifs is 1. The van der Waals surface area contributed by atoms with E-state index in [1.807, 2.05) is 4.90 Å². The van der Waals surface area contributed by atoms with Gasteiger partial charge in [-0.3, -0.25) is 9.69 Å². The molecular formula is C18H24N2O6S. The monoisotopic (exact) mass is 396 g/mol. The summed E-state index contributed by atoms with van der Waals surface area (Å²) in [7, 11) is -3.66. The molecule has 1 aliphatic heterocycles. The zero-order valence-electron chi connectivity index (χ0n) is 15.0. The third kappa shape index (κ3) is 4.36. The van der Waals surface area contributed by atoms with E-state index in [9.17, 15) is 13.2 Å². The van der Waals surface area contributed by atoms with Crippen LogP contribution >= 0.6 is 0 Å². The van der Waals surface area contributed by atoms with E-state index in [0.717, 1.165) is 19.4 Å². The maximum atomic E-state index is 12.6. The Morgan fingerprint density at radius 3 is 2.56 bits per heavy atom. The van der Waals surface area contributed by atoms with Gasteiger partial charge in [-0.15, -0.1) is 0 Å². The molecule has 148 valence electrons. The number of rotatable bonds is 8. The highest BCUT2D eigenvalue weighted by atomic mass is 32.2. The van der Waals surface area contributed by atoms with Crippen LogP contribution in [-0.2, 0) is 14.8 Å². The van der Waals surface area contributed by atoms with Crippen LogP contribution in [0, 0.1) is 5.92 Å². The standard InChI is InChI=1S/C18H24N2O6S/c21-18(22)11-20(10-12-1-2-12)14-7-13(8-14)19-27(23,24)15-3-4-16-17(9-15)26-6-5-25-16/h3-4,9,12-14,19H,1-2,5-8,10-11H2,(H,21,22). The van der Waals surface area contributed by atoms with Gasteiger partial charge in [-0.25, -0.2) is 13.1 Å². The molecule has 0 bridgehead atoms. The minimum atomic E-state index is -3.66. The van der Waals surface area contributed by atoms with Gasteiger partial charge in [0.05, 0.1) is 11.4 Å². The molecule has 9 heteroatoms.